The van der Waals surface area contributed by atoms with Gasteiger partial charge in [0.25, 0.3) is 0 Å². The van der Waals surface area contributed by atoms with E-state index >= 15 is 0 Å². The van der Waals surface area contributed by atoms with Crippen LogP contribution in [0.4, 0.5) is 13.2 Å². The van der Waals surface area contributed by atoms with Crippen LogP contribution in [0.15, 0.2) is 12.4 Å². The first-order valence-corrected chi connectivity index (χ1v) is 3.83. The zero-order valence-electron chi connectivity index (χ0n) is 7.63. The fourth-order valence-corrected chi connectivity index (χ4v) is 0.790. The fraction of sp³-hybridized carbons (Fsp3) is 0.500. The molecule has 6 heteroatoms. The summed E-state index contributed by atoms with van der Waals surface area (Å²) in [6.45, 7) is 2.89. The van der Waals surface area contributed by atoms with Gasteiger partial charge in [0.2, 0.25) is 5.82 Å². The van der Waals surface area contributed by atoms with Gasteiger partial charge in [-0.3, -0.25) is 0 Å². The van der Waals surface area contributed by atoms with Crippen LogP contribution in [-0.4, -0.2) is 15.1 Å². The standard InChI is InChI=1S/C8H9F3N2O/c1-7(2,14)5-3-12-6(13-4-5)8(9,10)11/h3-4,14H,1-2H3. The number of hydrogen-bond donors (Lipinski definition) is 1. The molecule has 0 atom stereocenters. The Morgan fingerprint density at radius 1 is 1.14 bits per heavy atom. The Morgan fingerprint density at radius 2 is 1.57 bits per heavy atom. The van der Waals surface area contributed by atoms with Crippen molar-refractivity contribution < 1.29 is 18.3 Å². The summed E-state index contributed by atoms with van der Waals surface area (Å²) >= 11 is 0. The molecule has 0 fully saturated rings. The summed E-state index contributed by atoms with van der Waals surface area (Å²) in [5.74, 6) is -1.20. The molecule has 0 amide bonds. The summed E-state index contributed by atoms with van der Waals surface area (Å²) in [6, 6.07) is 0. The third-order valence-electron chi connectivity index (χ3n) is 1.61. The lowest BCUT2D eigenvalue weighted by Crippen LogP contribution is -2.18. The molecule has 0 aliphatic carbocycles. The third kappa shape index (κ3) is 2.41. The van der Waals surface area contributed by atoms with Crippen molar-refractivity contribution in [3.8, 4) is 0 Å². The summed E-state index contributed by atoms with van der Waals surface area (Å²) < 4.78 is 36.1. The molecule has 14 heavy (non-hydrogen) atoms. The Morgan fingerprint density at radius 3 is 1.86 bits per heavy atom. The monoisotopic (exact) mass is 206 g/mol. The molecule has 1 heterocycles. The van der Waals surface area contributed by atoms with Gasteiger partial charge in [0.15, 0.2) is 0 Å². The Bertz CT molecular complexity index is 280. The van der Waals surface area contributed by atoms with Crippen LogP contribution in [0.3, 0.4) is 0 Å². The zero-order chi connectivity index (χ0) is 11.0. The van der Waals surface area contributed by atoms with Crippen molar-refractivity contribution in [3.63, 3.8) is 0 Å². The first-order chi connectivity index (χ1) is 6.21. The molecule has 0 bridgehead atoms. The maximum atomic E-state index is 12.0. The number of aromatic nitrogens is 2. The largest absolute Gasteiger partial charge is 0.451 e. The summed E-state index contributed by atoms with van der Waals surface area (Å²) in [6.07, 6.45) is -2.61. The van der Waals surface area contributed by atoms with Crippen molar-refractivity contribution in [2.24, 2.45) is 0 Å². The van der Waals surface area contributed by atoms with E-state index in [1.54, 1.807) is 0 Å². The van der Waals surface area contributed by atoms with Gasteiger partial charge in [0, 0.05) is 18.0 Å². The minimum absolute atomic E-state index is 0.241. The Kier molecular flexibility index (Phi) is 2.49. The van der Waals surface area contributed by atoms with Crippen molar-refractivity contribution in [2.75, 3.05) is 0 Å². The second kappa shape index (κ2) is 3.20. The van der Waals surface area contributed by atoms with E-state index in [-0.39, 0.29) is 5.56 Å². The number of alkyl halides is 3. The highest BCUT2D eigenvalue weighted by Gasteiger charge is 2.34. The van der Waals surface area contributed by atoms with Gasteiger partial charge >= 0.3 is 6.18 Å². The summed E-state index contributed by atoms with van der Waals surface area (Å²) in [5, 5.41) is 9.42. The van der Waals surface area contributed by atoms with Crippen LogP contribution < -0.4 is 0 Å². The Balaban J connectivity index is 3.02. The molecular weight excluding hydrogens is 197 g/mol. The topological polar surface area (TPSA) is 46.0 Å². The molecule has 0 spiro atoms. The molecular formula is C8H9F3N2O. The molecule has 1 N–H and O–H groups in total. The maximum absolute atomic E-state index is 12.0. The average Bonchev–Trinajstić information content (AvgIpc) is 2.01. The molecule has 3 nitrogen and oxygen atoms in total. The molecule has 0 saturated carbocycles. The quantitative estimate of drug-likeness (QED) is 0.761. The lowest BCUT2D eigenvalue weighted by Gasteiger charge is -2.16. The molecule has 78 valence electrons. The predicted molar refractivity (Wildman–Crippen MR) is 42.3 cm³/mol. The molecule has 1 aromatic heterocycles. The van der Waals surface area contributed by atoms with Crippen molar-refractivity contribution in [1.82, 2.24) is 9.97 Å². The normalized spacial score (nSPS) is 13.0. The lowest BCUT2D eigenvalue weighted by molar-refractivity contribution is -0.145. The SMILES string of the molecule is CC(C)(O)c1cnc(C(F)(F)F)nc1. The van der Waals surface area contributed by atoms with Gasteiger partial charge in [-0.05, 0) is 13.8 Å². The summed E-state index contributed by atoms with van der Waals surface area (Å²) in [7, 11) is 0. The average molecular weight is 206 g/mol. The van der Waals surface area contributed by atoms with Crippen LogP contribution in [0.5, 0.6) is 0 Å². The van der Waals surface area contributed by atoms with Gasteiger partial charge in [0.05, 0.1) is 5.60 Å². The summed E-state index contributed by atoms with van der Waals surface area (Å²) in [5.41, 5.74) is -0.991. The van der Waals surface area contributed by atoms with E-state index in [1.165, 1.54) is 13.8 Å². The molecule has 0 aliphatic rings. The van der Waals surface area contributed by atoms with E-state index in [9.17, 15) is 18.3 Å². The highest BCUT2D eigenvalue weighted by molar-refractivity contribution is 5.13. The van der Waals surface area contributed by atoms with Crippen molar-refractivity contribution in [2.45, 2.75) is 25.6 Å². The second-order valence-corrected chi connectivity index (χ2v) is 3.35. The van der Waals surface area contributed by atoms with Crippen molar-refractivity contribution in [1.29, 1.82) is 0 Å². The van der Waals surface area contributed by atoms with Crippen LogP contribution in [0, 0.1) is 0 Å². The lowest BCUT2D eigenvalue weighted by atomic mass is 10.0. The van der Waals surface area contributed by atoms with E-state index in [0.29, 0.717) is 0 Å². The van der Waals surface area contributed by atoms with Gasteiger partial charge in [0.1, 0.15) is 0 Å². The first-order valence-electron chi connectivity index (χ1n) is 3.83. The smallest absolute Gasteiger partial charge is 0.386 e. The fourth-order valence-electron chi connectivity index (χ4n) is 0.790. The minimum Gasteiger partial charge on any atom is -0.386 e. The summed E-state index contributed by atoms with van der Waals surface area (Å²) in [4.78, 5) is 6.24. The van der Waals surface area contributed by atoms with E-state index in [1.807, 2.05) is 0 Å². The van der Waals surface area contributed by atoms with Gasteiger partial charge in [-0.2, -0.15) is 13.2 Å². The van der Waals surface area contributed by atoms with Gasteiger partial charge in [-0.25, -0.2) is 9.97 Å². The predicted octanol–water partition coefficient (Wildman–Crippen LogP) is 1.72. The number of halogens is 3. The van der Waals surface area contributed by atoms with Crippen molar-refractivity contribution in [3.05, 3.63) is 23.8 Å². The van der Waals surface area contributed by atoms with Crippen LogP contribution in [0.1, 0.15) is 25.2 Å². The minimum atomic E-state index is -4.54. The number of aliphatic hydroxyl groups is 1. The number of rotatable bonds is 1. The third-order valence-corrected chi connectivity index (χ3v) is 1.61. The first kappa shape index (κ1) is 10.9. The second-order valence-electron chi connectivity index (χ2n) is 3.35. The van der Waals surface area contributed by atoms with E-state index in [0.717, 1.165) is 12.4 Å². The maximum Gasteiger partial charge on any atom is 0.451 e. The van der Waals surface area contributed by atoms with Crippen LogP contribution in [0.2, 0.25) is 0 Å². The zero-order valence-corrected chi connectivity index (χ0v) is 7.63. The van der Waals surface area contributed by atoms with E-state index in [4.69, 9.17) is 0 Å². The molecule has 0 unspecified atom stereocenters. The number of nitrogens with zero attached hydrogens (tertiary/aromatic N) is 2. The van der Waals surface area contributed by atoms with Crippen LogP contribution >= 0.6 is 0 Å². The molecule has 0 aromatic carbocycles. The highest BCUT2D eigenvalue weighted by Crippen LogP contribution is 2.26. The van der Waals surface area contributed by atoms with Crippen LogP contribution in [-0.2, 0) is 11.8 Å². The molecule has 0 saturated heterocycles. The Hall–Kier alpha value is -1.17. The molecule has 1 rings (SSSR count). The van der Waals surface area contributed by atoms with Crippen molar-refractivity contribution >= 4 is 0 Å². The Labute approximate surface area is 78.6 Å². The van der Waals surface area contributed by atoms with E-state index in [2.05, 4.69) is 9.97 Å². The highest BCUT2D eigenvalue weighted by atomic mass is 19.4. The molecule has 1 aromatic rings. The van der Waals surface area contributed by atoms with Gasteiger partial charge in [-0.15, -0.1) is 0 Å². The number of hydrogen-bond acceptors (Lipinski definition) is 3. The van der Waals surface area contributed by atoms with Gasteiger partial charge in [-0.1, -0.05) is 0 Å². The molecule has 0 radical (unpaired) electrons. The van der Waals surface area contributed by atoms with Gasteiger partial charge < -0.3 is 5.11 Å². The van der Waals surface area contributed by atoms with E-state index < -0.39 is 17.6 Å². The van der Waals surface area contributed by atoms with Crippen LogP contribution in [0.25, 0.3) is 0 Å². The molecule has 0 aliphatic heterocycles.